The lowest BCUT2D eigenvalue weighted by molar-refractivity contribution is 0.102. The van der Waals surface area contributed by atoms with E-state index in [4.69, 9.17) is 9.15 Å². The fourth-order valence-corrected chi connectivity index (χ4v) is 3.50. The summed E-state index contributed by atoms with van der Waals surface area (Å²) < 4.78 is 11.3. The number of hydrogen-bond donors (Lipinski definition) is 3. The van der Waals surface area contributed by atoms with Crippen LogP contribution in [0.15, 0.2) is 27.4 Å². The van der Waals surface area contributed by atoms with Crippen molar-refractivity contribution in [3.8, 4) is 0 Å². The van der Waals surface area contributed by atoms with E-state index in [0.717, 1.165) is 11.4 Å². The first-order valence-corrected chi connectivity index (χ1v) is 9.73. The highest BCUT2D eigenvalue weighted by atomic mass is 16.5. The van der Waals surface area contributed by atoms with Gasteiger partial charge < -0.3 is 29.3 Å². The molecule has 1 fully saturated rings. The van der Waals surface area contributed by atoms with Crippen LogP contribution in [-0.4, -0.2) is 42.2 Å². The van der Waals surface area contributed by atoms with E-state index in [1.54, 1.807) is 19.1 Å². The maximum atomic E-state index is 13.1. The predicted molar refractivity (Wildman–Crippen MR) is 112 cm³/mol. The highest BCUT2D eigenvalue weighted by Crippen LogP contribution is 2.32. The van der Waals surface area contributed by atoms with Crippen LogP contribution in [0.5, 0.6) is 0 Å². The van der Waals surface area contributed by atoms with Crippen molar-refractivity contribution in [3.05, 3.63) is 45.8 Å². The second-order valence-corrected chi connectivity index (χ2v) is 8.38. The monoisotopic (exact) mass is 398 g/mol. The lowest BCUT2D eigenvalue weighted by Gasteiger charge is -2.30. The number of benzene rings is 1. The molecule has 0 atom stereocenters. The number of imidazole rings is 1. The number of hydrogen-bond acceptors (Lipinski definition) is 5. The Hall–Kier alpha value is -3.00. The molecule has 8 heteroatoms. The molecule has 0 radical (unpaired) electrons. The van der Waals surface area contributed by atoms with E-state index in [1.807, 2.05) is 26.8 Å². The summed E-state index contributed by atoms with van der Waals surface area (Å²) in [5, 5.41) is 3.01. The van der Waals surface area contributed by atoms with Crippen LogP contribution in [0.3, 0.4) is 0 Å². The zero-order valence-electron chi connectivity index (χ0n) is 17.1. The number of aromatic nitrogens is 2. The maximum Gasteiger partial charge on any atom is 0.323 e. The Kier molecular flexibility index (Phi) is 4.74. The topological polar surface area (TPSA) is 103 Å². The van der Waals surface area contributed by atoms with Crippen LogP contribution in [-0.2, 0) is 10.2 Å². The fraction of sp³-hybridized carbons (Fsp3) is 0.429. The lowest BCUT2D eigenvalue weighted by Crippen LogP contribution is -2.36. The molecule has 1 amide bonds. The van der Waals surface area contributed by atoms with Crippen molar-refractivity contribution in [2.45, 2.75) is 33.1 Å². The van der Waals surface area contributed by atoms with Gasteiger partial charge in [-0.2, -0.15) is 0 Å². The molecule has 0 bridgehead atoms. The maximum absolute atomic E-state index is 13.1. The SMILES string of the molecule is Cc1oc(C(C)(C)C)cc1C(=O)Nc1cc2[nH]c(=O)[nH]c2cc1N1CCOCC1. The number of aromatic amines is 2. The smallest absolute Gasteiger partial charge is 0.323 e. The van der Waals surface area contributed by atoms with Crippen molar-refractivity contribution in [1.82, 2.24) is 9.97 Å². The van der Waals surface area contributed by atoms with Crippen LogP contribution in [0, 0.1) is 6.92 Å². The summed E-state index contributed by atoms with van der Waals surface area (Å²) in [7, 11) is 0. The minimum absolute atomic E-state index is 0.189. The number of morpholine rings is 1. The van der Waals surface area contributed by atoms with Gasteiger partial charge in [0.1, 0.15) is 11.5 Å². The number of nitrogens with one attached hydrogen (secondary N) is 3. The average Bonchev–Trinajstić information content (AvgIpc) is 3.23. The molecule has 0 saturated carbocycles. The van der Waals surface area contributed by atoms with Crippen LogP contribution in [0.25, 0.3) is 11.0 Å². The average molecular weight is 398 g/mol. The number of rotatable bonds is 3. The molecular weight excluding hydrogens is 372 g/mol. The second-order valence-electron chi connectivity index (χ2n) is 8.38. The molecule has 1 saturated heterocycles. The largest absolute Gasteiger partial charge is 0.465 e. The molecule has 29 heavy (non-hydrogen) atoms. The summed E-state index contributed by atoms with van der Waals surface area (Å²) in [4.78, 5) is 32.5. The zero-order chi connectivity index (χ0) is 20.8. The highest BCUT2D eigenvalue weighted by Gasteiger charge is 2.24. The third-order valence-electron chi connectivity index (χ3n) is 5.13. The Morgan fingerprint density at radius 1 is 1.10 bits per heavy atom. The number of amides is 1. The molecule has 0 aliphatic carbocycles. The Balaban J connectivity index is 1.72. The van der Waals surface area contributed by atoms with Crippen molar-refractivity contribution in [2.75, 3.05) is 36.5 Å². The van der Waals surface area contributed by atoms with Gasteiger partial charge in [0.2, 0.25) is 0 Å². The number of furan rings is 1. The molecule has 2 aromatic heterocycles. The van der Waals surface area contributed by atoms with E-state index in [-0.39, 0.29) is 17.0 Å². The number of aryl methyl sites for hydroxylation is 1. The van der Waals surface area contributed by atoms with Crippen LogP contribution >= 0.6 is 0 Å². The van der Waals surface area contributed by atoms with Gasteiger partial charge in [0, 0.05) is 18.5 Å². The molecule has 0 spiro atoms. The minimum Gasteiger partial charge on any atom is -0.465 e. The molecule has 1 aliphatic heterocycles. The van der Waals surface area contributed by atoms with Crippen molar-refractivity contribution in [1.29, 1.82) is 0 Å². The van der Waals surface area contributed by atoms with Gasteiger partial charge in [-0.1, -0.05) is 20.8 Å². The molecule has 4 rings (SSSR count). The lowest BCUT2D eigenvalue weighted by atomic mass is 9.93. The van der Waals surface area contributed by atoms with E-state index < -0.39 is 0 Å². The van der Waals surface area contributed by atoms with Gasteiger partial charge in [-0.15, -0.1) is 0 Å². The number of carbonyl (C=O) groups is 1. The minimum atomic E-state index is -0.281. The second kappa shape index (κ2) is 7.11. The molecule has 3 heterocycles. The summed E-state index contributed by atoms with van der Waals surface area (Å²) in [6.07, 6.45) is 0. The molecule has 1 aromatic carbocycles. The molecule has 0 unspecified atom stereocenters. The van der Waals surface area contributed by atoms with Crippen LogP contribution < -0.4 is 15.9 Å². The van der Waals surface area contributed by atoms with Crippen LogP contribution in [0.1, 0.15) is 42.6 Å². The van der Waals surface area contributed by atoms with Crippen LogP contribution in [0.2, 0.25) is 0 Å². The predicted octanol–water partition coefficient (Wildman–Crippen LogP) is 3.14. The van der Waals surface area contributed by atoms with Gasteiger partial charge in [0.05, 0.1) is 41.2 Å². The van der Waals surface area contributed by atoms with Gasteiger partial charge in [-0.05, 0) is 25.1 Å². The summed E-state index contributed by atoms with van der Waals surface area (Å²) >= 11 is 0. The van der Waals surface area contributed by atoms with Gasteiger partial charge >= 0.3 is 5.69 Å². The van der Waals surface area contributed by atoms with Gasteiger partial charge in [-0.25, -0.2) is 4.79 Å². The number of carbonyl (C=O) groups excluding carboxylic acids is 1. The summed E-state index contributed by atoms with van der Waals surface area (Å²) in [6, 6.07) is 5.47. The van der Waals surface area contributed by atoms with Crippen molar-refractivity contribution < 1.29 is 13.9 Å². The quantitative estimate of drug-likeness (QED) is 0.629. The first-order chi connectivity index (χ1) is 13.7. The Morgan fingerprint density at radius 2 is 1.76 bits per heavy atom. The molecule has 3 N–H and O–H groups in total. The van der Waals surface area contributed by atoms with Crippen molar-refractivity contribution in [2.24, 2.45) is 0 Å². The third-order valence-corrected chi connectivity index (χ3v) is 5.13. The van der Waals surface area contributed by atoms with Gasteiger partial charge in [0.15, 0.2) is 0 Å². The standard InChI is InChI=1S/C21H26N4O4/c1-12-13(9-18(29-12)21(2,3)4)19(26)22-16-10-14-15(24-20(27)23-14)11-17(16)25-5-7-28-8-6-25/h9-11H,5-8H2,1-4H3,(H,22,26)(H2,23,24,27). The first-order valence-electron chi connectivity index (χ1n) is 9.73. The first kappa shape index (κ1) is 19.3. The number of anilines is 2. The Morgan fingerprint density at radius 3 is 2.38 bits per heavy atom. The normalized spacial score (nSPS) is 15.1. The Bertz CT molecular complexity index is 1110. The number of ether oxygens (including phenoxy) is 1. The van der Waals surface area contributed by atoms with E-state index in [9.17, 15) is 9.59 Å². The summed E-state index contributed by atoms with van der Waals surface area (Å²) in [5.41, 5.74) is 2.86. The van der Waals surface area contributed by atoms with Crippen molar-refractivity contribution >= 4 is 28.3 Å². The van der Waals surface area contributed by atoms with E-state index in [2.05, 4.69) is 20.2 Å². The molecule has 3 aromatic rings. The summed E-state index contributed by atoms with van der Waals surface area (Å²) in [5.74, 6) is 1.10. The zero-order valence-corrected chi connectivity index (χ0v) is 17.1. The Labute approximate surface area is 168 Å². The number of H-pyrrole nitrogens is 2. The van der Waals surface area contributed by atoms with Crippen molar-refractivity contribution in [3.63, 3.8) is 0 Å². The molecule has 1 aliphatic rings. The van der Waals surface area contributed by atoms with Crippen LogP contribution in [0.4, 0.5) is 11.4 Å². The van der Waals surface area contributed by atoms with E-state index in [0.29, 0.717) is 54.3 Å². The fourth-order valence-electron chi connectivity index (χ4n) is 3.50. The summed E-state index contributed by atoms with van der Waals surface area (Å²) in [6.45, 7) is 10.6. The van der Waals surface area contributed by atoms with E-state index >= 15 is 0 Å². The molecule has 154 valence electrons. The number of fused-ring (bicyclic) bond motifs is 1. The highest BCUT2D eigenvalue weighted by molar-refractivity contribution is 6.08. The molecule has 8 nitrogen and oxygen atoms in total. The third kappa shape index (κ3) is 3.80. The van der Waals surface area contributed by atoms with E-state index in [1.165, 1.54) is 0 Å². The van der Waals surface area contributed by atoms with Gasteiger partial charge in [0.25, 0.3) is 5.91 Å². The number of nitrogens with zero attached hydrogens (tertiary/aromatic N) is 1. The van der Waals surface area contributed by atoms with Gasteiger partial charge in [-0.3, -0.25) is 4.79 Å². The molecular formula is C21H26N4O4.